The van der Waals surface area contributed by atoms with Crippen LogP contribution in [0, 0.1) is 6.92 Å². The number of carbonyl (C=O) groups is 1. The maximum atomic E-state index is 13.3. The van der Waals surface area contributed by atoms with Gasteiger partial charge in [0.15, 0.2) is 6.61 Å². The second kappa shape index (κ2) is 13.2. The lowest BCUT2D eigenvalue weighted by Gasteiger charge is -2.22. The number of sulfonamides is 1. The number of hydrogen-bond acceptors (Lipinski definition) is 6. The molecule has 3 aromatic rings. The molecule has 0 aliphatic rings. The number of benzene rings is 3. The van der Waals surface area contributed by atoms with E-state index in [4.69, 9.17) is 9.84 Å². The van der Waals surface area contributed by atoms with Gasteiger partial charge in [0.05, 0.1) is 4.90 Å². The minimum Gasteiger partial charge on any atom is -0.482 e. The average Bonchev–Trinajstić information content (AvgIpc) is 2.87. The average molecular weight is 584 g/mol. The molecule has 0 aliphatic carbocycles. The van der Waals surface area contributed by atoms with E-state index in [0.717, 1.165) is 10.5 Å². The van der Waals surface area contributed by atoms with Gasteiger partial charge in [-0.15, -0.1) is 24.9 Å². The number of rotatable bonds is 13. The smallest absolute Gasteiger partial charge is 0.482 e. The Balaban J connectivity index is 1.65. The third-order valence-electron chi connectivity index (χ3n) is 5.49. The van der Waals surface area contributed by atoms with Crippen molar-refractivity contribution < 1.29 is 41.0 Å². The van der Waals surface area contributed by atoms with Crippen LogP contribution in [0.4, 0.5) is 13.2 Å². The first-order valence-corrected chi connectivity index (χ1v) is 14.4. The van der Waals surface area contributed by atoms with E-state index >= 15 is 0 Å². The third kappa shape index (κ3) is 8.91. The van der Waals surface area contributed by atoms with E-state index in [-0.39, 0.29) is 17.2 Å². The zero-order valence-corrected chi connectivity index (χ0v) is 22.9. The number of alkyl halides is 3. The Hall–Kier alpha value is -3.22. The number of nitrogens with zero attached hydrogens (tertiary/aromatic N) is 1. The topological polar surface area (TPSA) is 93.1 Å². The summed E-state index contributed by atoms with van der Waals surface area (Å²) < 4.78 is 74.4. The molecule has 0 spiro atoms. The molecule has 7 nitrogen and oxygen atoms in total. The standard InChI is InChI=1S/C27H28F3NO6S2/c1-3-14-31(15-16-38-23-10-13-25(19(2)17-23)36-18-26(32)33)39(34,35)24-11-6-21(7-12-24)20-4-8-22(9-5-20)37-27(28,29)30/h4-13,17H,3,14-16,18H2,1-2H3,(H,32,33). The molecule has 0 aromatic heterocycles. The highest BCUT2D eigenvalue weighted by atomic mass is 32.2. The highest BCUT2D eigenvalue weighted by Gasteiger charge is 2.31. The van der Waals surface area contributed by atoms with E-state index in [1.54, 1.807) is 24.3 Å². The van der Waals surface area contributed by atoms with Gasteiger partial charge in [-0.05, 0) is 72.5 Å². The van der Waals surface area contributed by atoms with Gasteiger partial charge in [0.25, 0.3) is 0 Å². The number of thioether (sulfide) groups is 1. The van der Waals surface area contributed by atoms with E-state index in [0.29, 0.717) is 35.6 Å². The Bertz CT molecular complexity index is 1360. The van der Waals surface area contributed by atoms with Crippen LogP contribution in [-0.4, -0.2) is 55.6 Å². The number of carboxylic acid groups (broad SMARTS) is 1. The number of hydrogen-bond donors (Lipinski definition) is 1. The number of aliphatic carboxylic acids is 1. The van der Waals surface area contributed by atoms with E-state index < -0.39 is 29.0 Å². The largest absolute Gasteiger partial charge is 0.573 e. The van der Waals surface area contributed by atoms with Crippen LogP contribution in [0.15, 0.2) is 76.5 Å². The number of halogens is 3. The lowest BCUT2D eigenvalue weighted by Crippen LogP contribution is -2.33. The molecule has 0 amide bonds. The normalized spacial score (nSPS) is 11.9. The Labute approximate surface area is 229 Å². The van der Waals surface area contributed by atoms with Crippen LogP contribution in [-0.2, 0) is 14.8 Å². The summed E-state index contributed by atoms with van der Waals surface area (Å²) in [5, 5.41) is 8.77. The van der Waals surface area contributed by atoms with E-state index in [1.165, 1.54) is 52.5 Å². The van der Waals surface area contributed by atoms with Crippen LogP contribution in [0.5, 0.6) is 11.5 Å². The molecule has 0 atom stereocenters. The SMILES string of the molecule is CCCN(CCSc1ccc(OCC(=O)O)c(C)c1)S(=O)(=O)c1ccc(-c2ccc(OC(F)(F)F)cc2)cc1. The van der Waals surface area contributed by atoms with Gasteiger partial charge in [-0.2, -0.15) is 4.31 Å². The molecule has 3 rings (SSSR count). The van der Waals surface area contributed by atoms with E-state index in [9.17, 15) is 26.4 Å². The van der Waals surface area contributed by atoms with Gasteiger partial charge in [0.1, 0.15) is 11.5 Å². The zero-order valence-electron chi connectivity index (χ0n) is 21.3. The van der Waals surface area contributed by atoms with Gasteiger partial charge in [-0.3, -0.25) is 0 Å². The van der Waals surface area contributed by atoms with Crippen LogP contribution in [0.25, 0.3) is 11.1 Å². The summed E-state index contributed by atoms with van der Waals surface area (Å²) in [6, 6.07) is 16.9. The quantitative estimate of drug-likeness (QED) is 0.239. The molecule has 0 saturated carbocycles. The van der Waals surface area contributed by atoms with Gasteiger partial charge in [-0.1, -0.05) is 31.2 Å². The van der Waals surface area contributed by atoms with Gasteiger partial charge >= 0.3 is 12.3 Å². The van der Waals surface area contributed by atoms with Crippen LogP contribution in [0.1, 0.15) is 18.9 Å². The second-order valence-corrected chi connectivity index (χ2v) is 11.6. The molecule has 39 heavy (non-hydrogen) atoms. The first-order chi connectivity index (χ1) is 18.4. The molecular weight excluding hydrogens is 555 g/mol. The summed E-state index contributed by atoms with van der Waals surface area (Å²) >= 11 is 1.48. The van der Waals surface area contributed by atoms with Crippen molar-refractivity contribution in [2.45, 2.75) is 36.4 Å². The minimum absolute atomic E-state index is 0.123. The highest BCUT2D eigenvalue weighted by molar-refractivity contribution is 7.99. The summed E-state index contributed by atoms with van der Waals surface area (Å²) in [7, 11) is -3.77. The molecule has 0 bridgehead atoms. The predicted octanol–water partition coefficient (Wildman–Crippen LogP) is 6.22. The number of aryl methyl sites for hydroxylation is 1. The van der Waals surface area contributed by atoms with Crippen LogP contribution >= 0.6 is 11.8 Å². The maximum absolute atomic E-state index is 13.3. The first-order valence-electron chi connectivity index (χ1n) is 11.9. The first kappa shape index (κ1) is 30.3. The molecule has 12 heteroatoms. The molecule has 0 saturated heterocycles. The molecule has 0 heterocycles. The second-order valence-electron chi connectivity index (χ2n) is 8.46. The van der Waals surface area contributed by atoms with Crippen LogP contribution < -0.4 is 9.47 Å². The highest BCUT2D eigenvalue weighted by Crippen LogP contribution is 2.29. The summed E-state index contributed by atoms with van der Waals surface area (Å²) in [5.41, 5.74) is 2.04. The maximum Gasteiger partial charge on any atom is 0.573 e. The lowest BCUT2D eigenvalue weighted by molar-refractivity contribution is -0.274. The molecular formula is C27H28F3NO6S2. The summed E-state index contributed by atoms with van der Waals surface area (Å²) in [4.78, 5) is 11.7. The Kier molecular flexibility index (Phi) is 10.3. The fourth-order valence-electron chi connectivity index (χ4n) is 3.70. The fourth-order valence-corrected chi connectivity index (χ4v) is 6.32. The molecule has 0 unspecified atom stereocenters. The molecule has 0 fully saturated rings. The summed E-state index contributed by atoms with van der Waals surface area (Å²) in [6.07, 6.45) is -4.15. The van der Waals surface area contributed by atoms with Crippen molar-refractivity contribution in [3.8, 4) is 22.6 Å². The molecule has 1 N–H and O–H groups in total. The van der Waals surface area contributed by atoms with Crippen molar-refractivity contribution in [2.24, 2.45) is 0 Å². The number of carboxylic acids is 1. The van der Waals surface area contributed by atoms with Gasteiger partial charge < -0.3 is 14.6 Å². The number of ether oxygens (including phenoxy) is 2. The molecule has 210 valence electrons. The van der Waals surface area contributed by atoms with Crippen molar-refractivity contribution in [3.05, 3.63) is 72.3 Å². The van der Waals surface area contributed by atoms with Gasteiger partial charge in [0, 0.05) is 23.7 Å². The molecule has 0 aliphatic heterocycles. The van der Waals surface area contributed by atoms with Crippen molar-refractivity contribution in [1.82, 2.24) is 4.31 Å². The monoisotopic (exact) mass is 583 g/mol. The fraction of sp³-hybridized carbons (Fsp3) is 0.296. The molecule has 0 radical (unpaired) electrons. The summed E-state index contributed by atoms with van der Waals surface area (Å²) in [5.74, 6) is -0.422. The lowest BCUT2D eigenvalue weighted by atomic mass is 10.1. The van der Waals surface area contributed by atoms with Crippen LogP contribution in [0.2, 0.25) is 0 Å². The van der Waals surface area contributed by atoms with Crippen molar-refractivity contribution >= 4 is 27.8 Å². The van der Waals surface area contributed by atoms with Gasteiger partial charge in [-0.25, -0.2) is 13.2 Å². The summed E-state index contributed by atoms with van der Waals surface area (Å²) in [6.45, 7) is 3.89. The minimum atomic E-state index is -4.78. The zero-order chi connectivity index (χ0) is 28.6. The van der Waals surface area contributed by atoms with E-state index in [2.05, 4.69) is 4.74 Å². The predicted molar refractivity (Wildman–Crippen MR) is 143 cm³/mol. The Morgan fingerprint density at radius 1 is 0.974 bits per heavy atom. The Morgan fingerprint density at radius 2 is 1.59 bits per heavy atom. The van der Waals surface area contributed by atoms with Crippen molar-refractivity contribution in [3.63, 3.8) is 0 Å². The van der Waals surface area contributed by atoms with Gasteiger partial charge in [0.2, 0.25) is 10.0 Å². The van der Waals surface area contributed by atoms with Crippen LogP contribution in [0.3, 0.4) is 0 Å². The Morgan fingerprint density at radius 3 is 2.13 bits per heavy atom. The molecule has 3 aromatic carbocycles. The van der Waals surface area contributed by atoms with Crippen molar-refractivity contribution in [1.29, 1.82) is 0 Å². The third-order valence-corrected chi connectivity index (χ3v) is 8.38. The van der Waals surface area contributed by atoms with E-state index in [1.807, 2.05) is 19.9 Å². The van der Waals surface area contributed by atoms with Crippen molar-refractivity contribution in [2.75, 3.05) is 25.4 Å².